The van der Waals surface area contributed by atoms with Gasteiger partial charge in [0.15, 0.2) is 0 Å². The molecule has 0 bridgehead atoms. The standard InChI is InChI=1S/C15H23N3O2/c1-15(11-19,12-6-3-2-4-7-12)18-14(20)17-13-8-5-9-16-10-13/h5,8-10,12,19H,2-4,6-7,11H2,1H3,(H2,17,18,20)/t15-/m0/s1. The van der Waals surface area contributed by atoms with Gasteiger partial charge in [-0.1, -0.05) is 19.3 Å². The van der Waals surface area contributed by atoms with E-state index in [2.05, 4.69) is 15.6 Å². The number of hydrogen-bond acceptors (Lipinski definition) is 3. The summed E-state index contributed by atoms with van der Waals surface area (Å²) < 4.78 is 0. The monoisotopic (exact) mass is 277 g/mol. The summed E-state index contributed by atoms with van der Waals surface area (Å²) in [5.41, 5.74) is 0.0844. The molecule has 1 heterocycles. The summed E-state index contributed by atoms with van der Waals surface area (Å²) >= 11 is 0. The third-order valence-corrected chi connectivity index (χ3v) is 4.15. The Morgan fingerprint density at radius 3 is 2.80 bits per heavy atom. The summed E-state index contributed by atoms with van der Waals surface area (Å²) in [5.74, 6) is 0.334. The van der Waals surface area contributed by atoms with Crippen molar-refractivity contribution < 1.29 is 9.90 Å². The van der Waals surface area contributed by atoms with Crippen molar-refractivity contribution in [2.75, 3.05) is 11.9 Å². The van der Waals surface area contributed by atoms with Crippen LogP contribution in [0.3, 0.4) is 0 Å². The van der Waals surface area contributed by atoms with Crippen molar-refractivity contribution in [1.82, 2.24) is 10.3 Å². The molecular weight excluding hydrogens is 254 g/mol. The van der Waals surface area contributed by atoms with Crippen LogP contribution in [0.5, 0.6) is 0 Å². The second-order valence-electron chi connectivity index (χ2n) is 5.73. The van der Waals surface area contributed by atoms with Crippen molar-refractivity contribution in [3.05, 3.63) is 24.5 Å². The highest BCUT2D eigenvalue weighted by Gasteiger charge is 2.35. The molecular formula is C15H23N3O2. The van der Waals surface area contributed by atoms with Crippen molar-refractivity contribution in [3.8, 4) is 0 Å². The first-order chi connectivity index (χ1) is 9.64. The Bertz CT molecular complexity index is 432. The molecule has 5 nitrogen and oxygen atoms in total. The van der Waals surface area contributed by atoms with Crippen LogP contribution in [-0.2, 0) is 0 Å². The molecule has 2 amide bonds. The highest BCUT2D eigenvalue weighted by molar-refractivity contribution is 5.89. The van der Waals surface area contributed by atoms with E-state index in [1.54, 1.807) is 24.5 Å². The van der Waals surface area contributed by atoms with Gasteiger partial charge in [-0.2, -0.15) is 0 Å². The highest BCUT2D eigenvalue weighted by atomic mass is 16.3. The SMILES string of the molecule is C[C@@](CO)(NC(=O)Nc1cccnc1)C1CCCCC1. The van der Waals surface area contributed by atoms with Gasteiger partial charge in [0.05, 0.1) is 24.0 Å². The van der Waals surface area contributed by atoms with Gasteiger partial charge in [-0.3, -0.25) is 4.98 Å². The normalized spacial score (nSPS) is 19.1. The van der Waals surface area contributed by atoms with E-state index in [1.807, 2.05) is 6.92 Å². The minimum atomic E-state index is -0.563. The maximum atomic E-state index is 12.1. The Balaban J connectivity index is 1.96. The maximum Gasteiger partial charge on any atom is 0.319 e. The van der Waals surface area contributed by atoms with E-state index in [1.165, 1.54) is 19.3 Å². The molecule has 1 aromatic rings. The summed E-state index contributed by atoms with van der Waals surface area (Å²) in [5, 5.41) is 15.4. The molecule has 1 aromatic heterocycles. The van der Waals surface area contributed by atoms with Crippen LogP contribution in [0.15, 0.2) is 24.5 Å². The number of nitrogens with zero attached hydrogens (tertiary/aromatic N) is 1. The van der Waals surface area contributed by atoms with Gasteiger partial charge in [0.25, 0.3) is 0 Å². The average Bonchev–Trinajstić information content (AvgIpc) is 2.49. The molecule has 0 radical (unpaired) electrons. The molecule has 1 fully saturated rings. The molecule has 5 heteroatoms. The molecule has 1 aliphatic rings. The number of aromatic nitrogens is 1. The zero-order valence-corrected chi connectivity index (χ0v) is 11.9. The largest absolute Gasteiger partial charge is 0.394 e. The number of anilines is 1. The van der Waals surface area contributed by atoms with Crippen molar-refractivity contribution >= 4 is 11.7 Å². The van der Waals surface area contributed by atoms with Crippen LogP contribution in [0, 0.1) is 5.92 Å². The predicted molar refractivity (Wildman–Crippen MR) is 78.5 cm³/mol. The number of aliphatic hydroxyl groups is 1. The number of amides is 2. The van der Waals surface area contributed by atoms with Crippen molar-refractivity contribution in [1.29, 1.82) is 0 Å². The predicted octanol–water partition coefficient (Wildman–Crippen LogP) is 2.53. The Kier molecular flexibility index (Phi) is 4.95. The van der Waals surface area contributed by atoms with Crippen LogP contribution >= 0.6 is 0 Å². The molecule has 2 rings (SSSR count). The van der Waals surface area contributed by atoms with E-state index in [4.69, 9.17) is 0 Å². The van der Waals surface area contributed by atoms with Crippen LogP contribution in [0.4, 0.5) is 10.5 Å². The number of carbonyl (C=O) groups excluding carboxylic acids is 1. The van der Waals surface area contributed by atoms with Gasteiger partial charge in [-0.05, 0) is 37.8 Å². The smallest absolute Gasteiger partial charge is 0.319 e. The third kappa shape index (κ3) is 3.70. The van der Waals surface area contributed by atoms with E-state index in [-0.39, 0.29) is 12.6 Å². The summed E-state index contributed by atoms with van der Waals surface area (Å²) in [6, 6.07) is 3.26. The fourth-order valence-electron chi connectivity index (χ4n) is 2.87. The zero-order valence-electron chi connectivity index (χ0n) is 11.9. The van der Waals surface area contributed by atoms with Crippen LogP contribution in [0.2, 0.25) is 0 Å². The zero-order chi connectivity index (χ0) is 14.4. The van der Waals surface area contributed by atoms with Gasteiger partial charge in [-0.25, -0.2) is 4.79 Å². The summed E-state index contributed by atoms with van der Waals surface area (Å²) in [4.78, 5) is 16.0. The lowest BCUT2D eigenvalue weighted by atomic mass is 9.76. The lowest BCUT2D eigenvalue weighted by Crippen LogP contribution is -2.55. The van der Waals surface area contributed by atoms with Gasteiger partial charge in [0, 0.05) is 6.20 Å². The van der Waals surface area contributed by atoms with Crippen molar-refractivity contribution in [2.24, 2.45) is 5.92 Å². The number of carbonyl (C=O) groups is 1. The summed E-state index contributed by atoms with van der Waals surface area (Å²) in [6.45, 7) is 1.88. The Morgan fingerprint density at radius 1 is 1.45 bits per heavy atom. The van der Waals surface area contributed by atoms with Crippen molar-refractivity contribution in [2.45, 2.75) is 44.6 Å². The number of rotatable bonds is 4. The number of urea groups is 1. The van der Waals surface area contributed by atoms with Gasteiger partial charge >= 0.3 is 6.03 Å². The van der Waals surface area contributed by atoms with Crippen LogP contribution < -0.4 is 10.6 Å². The number of hydrogen-bond donors (Lipinski definition) is 3. The second kappa shape index (κ2) is 6.70. The van der Waals surface area contributed by atoms with E-state index in [0.717, 1.165) is 12.8 Å². The van der Waals surface area contributed by atoms with Crippen LogP contribution in [0.25, 0.3) is 0 Å². The molecule has 0 aliphatic heterocycles. The molecule has 0 unspecified atom stereocenters. The third-order valence-electron chi connectivity index (χ3n) is 4.15. The lowest BCUT2D eigenvalue weighted by molar-refractivity contribution is 0.103. The summed E-state index contributed by atoms with van der Waals surface area (Å²) in [7, 11) is 0. The van der Waals surface area contributed by atoms with Crippen LogP contribution in [0.1, 0.15) is 39.0 Å². The number of aliphatic hydroxyl groups excluding tert-OH is 1. The van der Waals surface area contributed by atoms with Crippen molar-refractivity contribution in [3.63, 3.8) is 0 Å². The first-order valence-corrected chi connectivity index (χ1v) is 7.24. The number of pyridine rings is 1. The molecule has 1 aliphatic carbocycles. The first kappa shape index (κ1) is 14.8. The van der Waals surface area contributed by atoms with E-state index in [0.29, 0.717) is 11.6 Å². The van der Waals surface area contributed by atoms with E-state index in [9.17, 15) is 9.90 Å². The van der Waals surface area contributed by atoms with E-state index < -0.39 is 5.54 Å². The lowest BCUT2D eigenvalue weighted by Gasteiger charge is -2.39. The molecule has 1 atom stereocenters. The van der Waals surface area contributed by atoms with Gasteiger partial charge in [0.1, 0.15) is 0 Å². The fraction of sp³-hybridized carbons (Fsp3) is 0.600. The molecule has 0 saturated heterocycles. The molecule has 1 saturated carbocycles. The second-order valence-corrected chi connectivity index (χ2v) is 5.73. The quantitative estimate of drug-likeness (QED) is 0.791. The maximum absolute atomic E-state index is 12.1. The first-order valence-electron chi connectivity index (χ1n) is 7.24. The molecule has 110 valence electrons. The summed E-state index contributed by atoms with van der Waals surface area (Å²) in [6.07, 6.45) is 8.96. The molecule has 0 aromatic carbocycles. The highest BCUT2D eigenvalue weighted by Crippen LogP contribution is 2.32. The van der Waals surface area contributed by atoms with Gasteiger partial charge < -0.3 is 15.7 Å². The molecule has 20 heavy (non-hydrogen) atoms. The Labute approximate surface area is 119 Å². The molecule has 3 N–H and O–H groups in total. The Morgan fingerprint density at radius 2 is 2.20 bits per heavy atom. The topological polar surface area (TPSA) is 74.2 Å². The average molecular weight is 277 g/mol. The molecule has 0 spiro atoms. The van der Waals surface area contributed by atoms with Gasteiger partial charge in [-0.15, -0.1) is 0 Å². The van der Waals surface area contributed by atoms with Gasteiger partial charge in [0.2, 0.25) is 0 Å². The van der Waals surface area contributed by atoms with E-state index >= 15 is 0 Å². The minimum Gasteiger partial charge on any atom is -0.394 e. The Hall–Kier alpha value is -1.62. The number of nitrogens with one attached hydrogen (secondary N) is 2. The minimum absolute atomic E-state index is 0.0435. The van der Waals surface area contributed by atoms with Crippen LogP contribution in [-0.4, -0.2) is 28.3 Å². The fourth-order valence-corrected chi connectivity index (χ4v) is 2.87.